The Morgan fingerprint density at radius 3 is 2.47 bits per heavy atom. The molecule has 1 aliphatic heterocycles. The summed E-state index contributed by atoms with van der Waals surface area (Å²) in [4.78, 5) is 12.7. The third-order valence-electron chi connectivity index (χ3n) is 5.40. The fraction of sp³-hybridized carbons (Fsp3) is 0.409. The number of piperidine rings is 1. The molecule has 1 heterocycles. The van der Waals surface area contributed by atoms with Gasteiger partial charge in [-0.05, 0) is 48.2 Å². The number of amides is 1. The topological polar surface area (TPSA) is 84.9 Å². The molecule has 1 N–H and O–H groups in total. The Bertz CT molecular complexity index is 1080. The first-order valence-corrected chi connectivity index (χ1v) is 12.5. The second-order valence-corrected chi connectivity index (χ2v) is 10.4. The van der Waals surface area contributed by atoms with Crippen LogP contribution in [0.3, 0.4) is 0 Å². The van der Waals surface area contributed by atoms with Crippen LogP contribution in [0.5, 0.6) is 11.5 Å². The van der Waals surface area contributed by atoms with Gasteiger partial charge in [0.2, 0.25) is 15.9 Å². The summed E-state index contributed by atoms with van der Waals surface area (Å²) in [7, 11) is -0.485. The van der Waals surface area contributed by atoms with Crippen LogP contribution in [0.25, 0.3) is 0 Å². The Morgan fingerprint density at radius 2 is 1.78 bits per heavy atom. The van der Waals surface area contributed by atoms with Gasteiger partial charge in [0.15, 0.2) is 11.5 Å². The lowest BCUT2D eigenvalue weighted by molar-refractivity contribution is -0.126. The van der Waals surface area contributed by atoms with Crippen molar-refractivity contribution in [2.24, 2.45) is 5.92 Å². The number of halogens is 2. The van der Waals surface area contributed by atoms with E-state index in [1.165, 1.54) is 4.31 Å². The predicted molar refractivity (Wildman–Crippen MR) is 125 cm³/mol. The van der Waals surface area contributed by atoms with Gasteiger partial charge in [-0.15, -0.1) is 0 Å². The second kappa shape index (κ2) is 10.7. The number of methoxy groups -OCH3 is 2. The summed E-state index contributed by atoms with van der Waals surface area (Å²) in [6, 6.07) is 10.2. The van der Waals surface area contributed by atoms with Gasteiger partial charge in [0.25, 0.3) is 0 Å². The summed E-state index contributed by atoms with van der Waals surface area (Å²) in [5, 5.41) is 3.59. The van der Waals surface area contributed by atoms with Gasteiger partial charge in [0.1, 0.15) is 0 Å². The van der Waals surface area contributed by atoms with Gasteiger partial charge in [-0.2, -0.15) is 0 Å². The molecule has 0 saturated carbocycles. The second-order valence-electron chi connectivity index (χ2n) is 7.61. The predicted octanol–water partition coefficient (Wildman–Crippen LogP) is 3.87. The fourth-order valence-corrected chi connectivity index (χ4v) is 5.58. The number of nitrogens with zero attached hydrogens (tertiary/aromatic N) is 1. The summed E-state index contributed by atoms with van der Waals surface area (Å²) in [6.45, 7) is 0.857. The number of carbonyl (C=O) groups excluding carboxylic acids is 1. The Morgan fingerprint density at radius 1 is 1.06 bits per heavy atom. The first-order chi connectivity index (χ1) is 15.2. The van der Waals surface area contributed by atoms with E-state index in [1.54, 1.807) is 44.6 Å². The van der Waals surface area contributed by atoms with Crippen LogP contribution in [0, 0.1) is 5.92 Å². The first kappa shape index (κ1) is 24.6. The van der Waals surface area contributed by atoms with Crippen molar-refractivity contribution in [1.82, 2.24) is 9.62 Å². The minimum atomic E-state index is -3.60. The highest BCUT2D eigenvalue weighted by Gasteiger charge is 2.32. The standard InChI is InChI=1S/C22H26Cl2N2O5S/c1-30-20-8-6-15(11-21(20)31-2)12-25-22(27)17-4-3-9-26(13-17)32(28,29)14-16-5-7-18(23)19(24)10-16/h5-8,10-11,17H,3-4,9,12-14H2,1-2H3,(H,25,27). The van der Waals surface area contributed by atoms with Crippen molar-refractivity contribution in [3.05, 3.63) is 57.6 Å². The van der Waals surface area contributed by atoms with Gasteiger partial charge in [-0.25, -0.2) is 12.7 Å². The Labute approximate surface area is 198 Å². The lowest BCUT2D eigenvalue weighted by atomic mass is 9.98. The van der Waals surface area contributed by atoms with E-state index in [1.807, 2.05) is 6.07 Å². The fourth-order valence-electron chi connectivity index (χ4n) is 3.66. The molecule has 1 aliphatic rings. The molecule has 32 heavy (non-hydrogen) atoms. The van der Waals surface area contributed by atoms with Gasteiger partial charge in [0, 0.05) is 19.6 Å². The Balaban J connectivity index is 1.61. The maximum atomic E-state index is 12.9. The van der Waals surface area contributed by atoms with E-state index in [4.69, 9.17) is 32.7 Å². The molecule has 1 unspecified atom stereocenters. The minimum Gasteiger partial charge on any atom is -0.493 e. The minimum absolute atomic E-state index is 0.154. The van der Waals surface area contributed by atoms with E-state index >= 15 is 0 Å². The molecule has 1 atom stereocenters. The molecule has 7 nitrogen and oxygen atoms in total. The monoisotopic (exact) mass is 500 g/mol. The molecular formula is C22H26Cl2N2O5S. The van der Waals surface area contributed by atoms with Crippen LogP contribution in [0.15, 0.2) is 36.4 Å². The van der Waals surface area contributed by atoms with E-state index in [-0.39, 0.29) is 18.2 Å². The number of hydrogen-bond donors (Lipinski definition) is 1. The molecule has 174 valence electrons. The summed E-state index contributed by atoms with van der Waals surface area (Å²) in [5.74, 6) is 0.417. The van der Waals surface area contributed by atoms with E-state index in [0.717, 1.165) is 5.56 Å². The normalized spacial score (nSPS) is 17.1. The lowest BCUT2D eigenvalue weighted by Crippen LogP contribution is -2.45. The number of nitrogens with one attached hydrogen (secondary N) is 1. The van der Waals surface area contributed by atoms with Crippen LogP contribution in [-0.4, -0.2) is 45.9 Å². The van der Waals surface area contributed by atoms with Crippen molar-refractivity contribution in [2.45, 2.75) is 25.1 Å². The molecule has 3 rings (SSSR count). The first-order valence-electron chi connectivity index (χ1n) is 10.1. The van der Waals surface area contributed by atoms with E-state index in [0.29, 0.717) is 53.0 Å². The highest BCUT2D eigenvalue weighted by Crippen LogP contribution is 2.28. The SMILES string of the molecule is COc1ccc(CNC(=O)C2CCCN(S(=O)(=O)Cc3ccc(Cl)c(Cl)c3)C2)cc1OC. The van der Waals surface area contributed by atoms with Gasteiger partial charge in [0.05, 0.1) is 35.9 Å². The van der Waals surface area contributed by atoms with Crippen LogP contribution < -0.4 is 14.8 Å². The van der Waals surface area contributed by atoms with Crippen molar-refractivity contribution in [3.63, 3.8) is 0 Å². The molecule has 0 radical (unpaired) electrons. The summed E-state index contributed by atoms with van der Waals surface area (Å²) in [6.07, 6.45) is 1.26. The van der Waals surface area contributed by atoms with Gasteiger partial charge in [-0.1, -0.05) is 35.3 Å². The quantitative estimate of drug-likeness (QED) is 0.594. The molecule has 0 aromatic heterocycles. The Hall–Kier alpha value is -2.00. The molecule has 1 saturated heterocycles. The lowest BCUT2D eigenvalue weighted by Gasteiger charge is -2.31. The highest BCUT2D eigenvalue weighted by atomic mass is 35.5. The molecular weight excluding hydrogens is 475 g/mol. The van der Waals surface area contributed by atoms with Crippen molar-refractivity contribution < 1.29 is 22.7 Å². The van der Waals surface area contributed by atoms with Crippen LogP contribution in [0.2, 0.25) is 10.0 Å². The van der Waals surface area contributed by atoms with Crippen LogP contribution in [0.4, 0.5) is 0 Å². The smallest absolute Gasteiger partial charge is 0.224 e. The molecule has 0 spiro atoms. The van der Waals surface area contributed by atoms with Crippen LogP contribution in [-0.2, 0) is 27.1 Å². The molecule has 1 amide bonds. The van der Waals surface area contributed by atoms with Gasteiger partial charge < -0.3 is 14.8 Å². The number of sulfonamides is 1. The third kappa shape index (κ3) is 6.07. The summed E-state index contributed by atoms with van der Waals surface area (Å²) >= 11 is 11.9. The maximum absolute atomic E-state index is 12.9. The molecule has 0 bridgehead atoms. The van der Waals surface area contributed by atoms with Crippen molar-refractivity contribution in [1.29, 1.82) is 0 Å². The van der Waals surface area contributed by atoms with Gasteiger partial charge in [-0.3, -0.25) is 4.79 Å². The number of benzene rings is 2. The number of rotatable bonds is 8. The van der Waals surface area contributed by atoms with Crippen LogP contribution in [0.1, 0.15) is 24.0 Å². The summed E-state index contributed by atoms with van der Waals surface area (Å²) < 4.78 is 37.7. The largest absolute Gasteiger partial charge is 0.493 e. The maximum Gasteiger partial charge on any atom is 0.224 e. The van der Waals surface area contributed by atoms with E-state index in [2.05, 4.69) is 5.32 Å². The number of carbonyl (C=O) groups is 1. The number of ether oxygens (including phenoxy) is 2. The van der Waals surface area contributed by atoms with Crippen molar-refractivity contribution >= 4 is 39.1 Å². The van der Waals surface area contributed by atoms with Crippen molar-refractivity contribution in [3.8, 4) is 11.5 Å². The molecule has 2 aromatic rings. The zero-order valence-corrected chi connectivity index (χ0v) is 20.3. The Kier molecular flexibility index (Phi) is 8.27. The molecule has 10 heteroatoms. The van der Waals surface area contributed by atoms with Gasteiger partial charge >= 0.3 is 0 Å². The molecule has 2 aromatic carbocycles. The summed E-state index contributed by atoms with van der Waals surface area (Å²) in [5.41, 5.74) is 1.41. The zero-order chi connectivity index (χ0) is 23.3. The van der Waals surface area contributed by atoms with Crippen molar-refractivity contribution in [2.75, 3.05) is 27.3 Å². The van der Waals surface area contributed by atoms with E-state index in [9.17, 15) is 13.2 Å². The third-order valence-corrected chi connectivity index (χ3v) is 7.95. The van der Waals surface area contributed by atoms with Crippen LogP contribution >= 0.6 is 23.2 Å². The average molecular weight is 501 g/mol. The molecule has 1 fully saturated rings. The average Bonchev–Trinajstić information content (AvgIpc) is 2.79. The molecule has 0 aliphatic carbocycles. The van der Waals surface area contributed by atoms with E-state index < -0.39 is 15.9 Å². The number of hydrogen-bond acceptors (Lipinski definition) is 5. The highest BCUT2D eigenvalue weighted by molar-refractivity contribution is 7.88. The zero-order valence-electron chi connectivity index (χ0n) is 17.9.